The fourth-order valence-corrected chi connectivity index (χ4v) is 2.55. The van der Waals surface area contributed by atoms with E-state index in [1.807, 2.05) is 6.20 Å². The highest BCUT2D eigenvalue weighted by atomic mass is 35.5. The van der Waals surface area contributed by atoms with Crippen molar-refractivity contribution in [1.29, 1.82) is 0 Å². The van der Waals surface area contributed by atoms with E-state index in [1.165, 1.54) is 49.9 Å². The Balaban J connectivity index is 0.000000364. The summed E-state index contributed by atoms with van der Waals surface area (Å²) < 4.78 is 0. The van der Waals surface area contributed by atoms with Gasteiger partial charge in [-0.15, -0.1) is 12.4 Å². The van der Waals surface area contributed by atoms with Crippen molar-refractivity contribution in [1.82, 2.24) is 10.3 Å². The monoisotopic (exact) mass is 312 g/mol. The molecule has 3 heteroatoms. The molecule has 2 unspecified atom stereocenters. The third-order valence-corrected chi connectivity index (χ3v) is 3.88. The molecule has 1 N–H and O–H groups in total. The Bertz CT molecular complexity index is 343. The molecule has 2 nitrogen and oxygen atoms in total. The second kappa shape index (κ2) is 12.0. The lowest BCUT2D eigenvalue weighted by molar-refractivity contribution is 0.314. The molecular formula is C18H33ClN2. The second-order valence-electron chi connectivity index (χ2n) is 6.15. The summed E-state index contributed by atoms with van der Waals surface area (Å²) in [6.45, 7) is 10.1. The normalized spacial score (nSPS) is 21.0. The van der Waals surface area contributed by atoms with Crippen molar-refractivity contribution in [3.63, 3.8) is 0 Å². The standard InChI is InChI=1S/C9H19N.C9H13N.ClH/c2*1-3-4-9-6-5-8(2)7-10-9;/h8-10H,3-7H2,1-2H3;5-7H,3-4H2,1-2H3;1H. The molecular weight excluding hydrogens is 280 g/mol. The SMILES string of the molecule is CCCC1CCC(C)CN1.CCCc1ccc(C)cn1.Cl. The van der Waals surface area contributed by atoms with Gasteiger partial charge < -0.3 is 5.32 Å². The van der Waals surface area contributed by atoms with Crippen LogP contribution in [0.4, 0.5) is 0 Å². The van der Waals surface area contributed by atoms with Crippen LogP contribution >= 0.6 is 12.4 Å². The van der Waals surface area contributed by atoms with Crippen LogP contribution < -0.4 is 5.32 Å². The van der Waals surface area contributed by atoms with Crippen LogP contribution in [-0.2, 0) is 6.42 Å². The van der Waals surface area contributed by atoms with Crippen molar-refractivity contribution in [3.8, 4) is 0 Å². The van der Waals surface area contributed by atoms with Crippen LogP contribution in [0.5, 0.6) is 0 Å². The number of pyridine rings is 1. The quantitative estimate of drug-likeness (QED) is 0.852. The molecule has 0 aromatic carbocycles. The molecule has 2 rings (SSSR count). The summed E-state index contributed by atoms with van der Waals surface area (Å²) in [5.41, 5.74) is 2.44. The van der Waals surface area contributed by atoms with Gasteiger partial charge in [-0.25, -0.2) is 0 Å². The van der Waals surface area contributed by atoms with Gasteiger partial charge in [0.25, 0.3) is 0 Å². The summed E-state index contributed by atoms with van der Waals surface area (Å²) in [7, 11) is 0. The summed E-state index contributed by atoms with van der Waals surface area (Å²) in [6, 6.07) is 5.04. The molecule has 1 fully saturated rings. The van der Waals surface area contributed by atoms with E-state index < -0.39 is 0 Å². The Morgan fingerprint density at radius 1 is 1.19 bits per heavy atom. The third kappa shape index (κ3) is 9.10. The number of aromatic nitrogens is 1. The van der Waals surface area contributed by atoms with Gasteiger partial charge in [0.1, 0.15) is 0 Å². The summed E-state index contributed by atoms with van der Waals surface area (Å²) in [5.74, 6) is 0.910. The van der Waals surface area contributed by atoms with E-state index in [9.17, 15) is 0 Å². The Hall–Kier alpha value is -0.600. The summed E-state index contributed by atoms with van der Waals surface area (Å²) in [5, 5.41) is 3.57. The minimum atomic E-state index is 0. The Labute approximate surface area is 137 Å². The largest absolute Gasteiger partial charge is 0.314 e. The molecule has 0 radical (unpaired) electrons. The summed E-state index contributed by atoms with van der Waals surface area (Å²) in [6.07, 6.45) is 9.72. The average molecular weight is 313 g/mol. The van der Waals surface area contributed by atoms with Gasteiger partial charge >= 0.3 is 0 Å². The fourth-order valence-electron chi connectivity index (χ4n) is 2.55. The Morgan fingerprint density at radius 2 is 1.95 bits per heavy atom. The van der Waals surface area contributed by atoms with Crippen molar-refractivity contribution < 1.29 is 0 Å². The highest BCUT2D eigenvalue weighted by Crippen LogP contribution is 2.15. The minimum Gasteiger partial charge on any atom is -0.314 e. The van der Waals surface area contributed by atoms with Crippen molar-refractivity contribution in [2.45, 2.75) is 72.3 Å². The van der Waals surface area contributed by atoms with Gasteiger partial charge in [0.05, 0.1) is 0 Å². The Morgan fingerprint density at radius 3 is 2.43 bits per heavy atom. The zero-order valence-electron chi connectivity index (χ0n) is 14.2. The van der Waals surface area contributed by atoms with Gasteiger partial charge in [-0.3, -0.25) is 4.98 Å². The van der Waals surface area contributed by atoms with Crippen LogP contribution in [0.25, 0.3) is 0 Å². The van der Waals surface area contributed by atoms with Crippen molar-refractivity contribution >= 4 is 12.4 Å². The van der Waals surface area contributed by atoms with E-state index in [1.54, 1.807) is 0 Å². The molecule has 2 atom stereocenters. The highest BCUT2D eigenvalue weighted by molar-refractivity contribution is 5.85. The highest BCUT2D eigenvalue weighted by Gasteiger charge is 2.15. The van der Waals surface area contributed by atoms with Crippen LogP contribution in [0.3, 0.4) is 0 Å². The lowest BCUT2D eigenvalue weighted by Crippen LogP contribution is -2.37. The molecule has 122 valence electrons. The maximum Gasteiger partial charge on any atom is 0.0403 e. The minimum absolute atomic E-state index is 0. The van der Waals surface area contributed by atoms with Crippen LogP contribution in [0.15, 0.2) is 18.3 Å². The molecule has 1 aliphatic rings. The molecule has 1 aromatic rings. The second-order valence-corrected chi connectivity index (χ2v) is 6.15. The predicted octanol–water partition coefficient (Wildman–Crippen LogP) is 4.94. The first kappa shape index (κ1) is 20.4. The first-order valence-corrected chi connectivity index (χ1v) is 8.30. The average Bonchev–Trinajstić information content (AvgIpc) is 2.45. The summed E-state index contributed by atoms with van der Waals surface area (Å²) >= 11 is 0. The number of rotatable bonds is 4. The van der Waals surface area contributed by atoms with E-state index in [2.05, 4.69) is 50.1 Å². The first-order chi connectivity index (χ1) is 9.65. The molecule has 0 spiro atoms. The topological polar surface area (TPSA) is 24.9 Å². The van der Waals surface area contributed by atoms with Crippen LogP contribution in [-0.4, -0.2) is 17.6 Å². The number of halogens is 1. The van der Waals surface area contributed by atoms with Gasteiger partial charge in [0.2, 0.25) is 0 Å². The number of hydrogen-bond donors (Lipinski definition) is 1. The molecule has 1 aliphatic heterocycles. The summed E-state index contributed by atoms with van der Waals surface area (Å²) in [4.78, 5) is 4.27. The molecule has 21 heavy (non-hydrogen) atoms. The molecule has 0 saturated carbocycles. The van der Waals surface area contributed by atoms with Gasteiger partial charge in [-0.05, 0) is 56.7 Å². The maximum atomic E-state index is 4.27. The molecule has 0 bridgehead atoms. The molecule has 0 amide bonds. The van der Waals surface area contributed by atoms with Crippen LogP contribution in [0.2, 0.25) is 0 Å². The number of nitrogens with zero attached hydrogens (tertiary/aromatic N) is 1. The lowest BCUT2D eigenvalue weighted by atomic mass is 9.94. The van der Waals surface area contributed by atoms with E-state index in [-0.39, 0.29) is 12.4 Å². The van der Waals surface area contributed by atoms with Crippen molar-refractivity contribution in [3.05, 3.63) is 29.6 Å². The van der Waals surface area contributed by atoms with E-state index in [4.69, 9.17) is 0 Å². The first-order valence-electron chi connectivity index (χ1n) is 8.30. The van der Waals surface area contributed by atoms with Gasteiger partial charge in [-0.2, -0.15) is 0 Å². The molecule has 1 saturated heterocycles. The smallest absolute Gasteiger partial charge is 0.0403 e. The number of nitrogens with one attached hydrogen (secondary N) is 1. The zero-order chi connectivity index (χ0) is 14.8. The predicted molar refractivity (Wildman–Crippen MR) is 95.3 cm³/mol. The molecule has 2 heterocycles. The van der Waals surface area contributed by atoms with Crippen LogP contribution in [0.1, 0.15) is 64.1 Å². The fraction of sp³-hybridized carbons (Fsp3) is 0.722. The van der Waals surface area contributed by atoms with E-state index in [0.717, 1.165) is 18.4 Å². The van der Waals surface area contributed by atoms with Gasteiger partial charge in [0, 0.05) is 17.9 Å². The van der Waals surface area contributed by atoms with Gasteiger partial charge in [0.15, 0.2) is 0 Å². The third-order valence-electron chi connectivity index (χ3n) is 3.88. The van der Waals surface area contributed by atoms with Gasteiger partial charge in [-0.1, -0.05) is 39.7 Å². The lowest BCUT2D eigenvalue weighted by Gasteiger charge is -2.27. The number of piperidine rings is 1. The maximum absolute atomic E-state index is 4.27. The van der Waals surface area contributed by atoms with Crippen molar-refractivity contribution in [2.75, 3.05) is 6.54 Å². The van der Waals surface area contributed by atoms with E-state index >= 15 is 0 Å². The number of hydrogen-bond acceptors (Lipinski definition) is 2. The number of aryl methyl sites for hydroxylation is 2. The molecule has 0 aliphatic carbocycles. The zero-order valence-corrected chi connectivity index (χ0v) is 15.0. The Kier molecular flexibility index (Phi) is 11.7. The molecule has 1 aromatic heterocycles. The van der Waals surface area contributed by atoms with Crippen molar-refractivity contribution in [2.24, 2.45) is 5.92 Å². The van der Waals surface area contributed by atoms with E-state index in [0.29, 0.717) is 0 Å². The van der Waals surface area contributed by atoms with Crippen LogP contribution in [0, 0.1) is 12.8 Å².